The molecular weight excluding hydrogens is 332 g/mol. The number of benzene rings is 1. The summed E-state index contributed by atoms with van der Waals surface area (Å²) in [7, 11) is -1.65. The molecule has 2 rings (SSSR count). The number of hydrogen-bond donors (Lipinski definition) is 1. The quantitative estimate of drug-likeness (QED) is 0.661. The molecule has 1 aliphatic heterocycles. The van der Waals surface area contributed by atoms with Gasteiger partial charge < -0.3 is 14.8 Å². The Hall–Kier alpha value is -1.64. The van der Waals surface area contributed by atoms with E-state index in [1.165, 1.54) is 10.6 Å². The Kier molecular flexibility index (Phi) is 6.59. The maximum absolute atomic E-state index is 12.2. The van der Waals surface area contributed by atoms with E-state index in [1.54, 1.807) is 25.3 Å². The van der Waals surface area contributed by atoms with Gasteiger partial charge in [-0.3, -0.25) is 9.10 Å². The Balaban J connectivity index is 1.84. The highest BCUT2D eigenvalue weighted by Crippen LogP contribution is 2.30. The molecule has 1 amide bonds. The van der Waals surface area contributed by atoms with E-state index in [0.717, 1.165) is 12.0 Å². The summed E-state index contributed by atoms with van der Waals surface area (Å²) in [5, 5.41) is 2.84. The Morgan fingerprint density at radius 1 is 1.29 bits per heavy atom. The van der Waals surface area contributed by atoms with Crippen molar-refractivity contribution in [1.29, 1.82) is 0 Å². The van der Waals surface area contributed by atoms with Gasteiger partial charge in [0.05, 0.1) is 25.2 Å². The van der Waals surface area contributed by atoms with Crippen molar-refractivity contribution in [3.8, 4) is 0 Å². The highest BCUT2D eigenvalue weighted by atomic mass is 32.2. The summed E-state index contributed by atoms with van der Waals surface area (Å²) in [6.07, 6.45) is 2.54. The first-order chi connectivity index (χ1) is 11.4. The maximum Gasteiger partial charge on any atom is 0.251 e. The van der Waals surface area contributed by atoms with Gasteiger partial charge in [0, 0.05) is 32.4 Å². The molecule has 1 aromatic carbocycles. The molecule has 1 N–H and O–H groups in total. The molecule has 8 heteroatoms. The van der Waals surface area contributed by atoms with Crippen LogP contribution in [0.2, 0.25) is 0 Å². The van der Waals surface area contributed by atoms with Crippen LogP contribution in [0.25, 0.3) is 0 Å². The van der Waals surface area contributed by atoms with Gasteiger partial charge in [-0.15, -0.1) is 0 Å². The number of nitrogens with one attached hydrogen (secondary N) is 1. The number of anilines is 1. The third-order valence-corrected chi connectivity index (χ3v) is 4.96. The molecule has 24 heavy (non-hydrogen) atoms. The van der Waals surface area contributed by atoms with Crippen LogP contribution in [0.5, 0.6) is 0 Å². The number of ether oxygens (including phenoxy) is 2. The van der Waals surface area contributed by atoms with Gasteiger partial charge in [-0.1, -0.05) is 0 Å². The molecule has 1 aliphatic rings. The first-order valence-electron chi connectivity index (χ1n) is 7.89. The van der Waals surface area contributed by atoms with Crippen molar-refractivity contribution in [3.05, 3.63) is 29.3 Å². The molecule has 0 fully saturated rings. The summed E-state index contributed by atoms with van der Waals surface area (Å²) in [4.78, 5) is 12.2. The topological polar surface area (TPSA) is 84.9 Å². The molecular formula is C16H24N2O5S. The smallest absolute Gasteiger partial charge is 0.251 e. The molecule has 7 nitrogen and oxygen atoms in total. The van der Waals surface area contributed by atoms with Gasteiger partial charge in [-0.25, -0.2) is 8.42 Å². The lowest BCUT2D eigenvalue weighted by Crippen LogP contribution is -2.27. The lowest BCUT2D eigenvalue weighted by atomic mass is 10.1. The fourth-order valence-corrected chi connectivity index (χ4v) is 3.54. The predicted molar refractivity (Wildman–Crippen MR) is 92.0 cm³/mol. The third kappa shape index (κ3) is 4.93. The number of amides is 1. The summed E-state index contributed by atoms with van der Waals surface area (Å²) in [6.45, 7) is 2.63. The van der Waals surface area contributed by atoms with Gasteiger partial charge in [0.25, 0.3) is 5.91 Å². The zero-order chi connectivity index (χ0) is 17.6. The Morgan fingerprint density at radius 2 is 2.08 bits per heavy atom. The van der Waals surface area contributed by atoms with Gasteiger partial charge >= 0.3 is 0 Å². The second-order valence-electron chi connectivity index (χ2n) is 5.64. The van der Waals surface area contributed by atoms with Crippen molar-refractivity contribution in [3.63, 3.8) is 0 Å². The van der Waals surface area contributed by atoms with Crippen molar-refractivity contribution < 1.29 is 22.7 Å². The van der Waals surface area contributed by atoms with E-state index in [-0.39, 0.29) is 5.91 Å². The van der Waals surface area contributed by atoms with Crippen LogP contribution in [0.1, 0.15) is 22.3 Å². The molecule has 0 aliphatic carbocycles. The number of sulfonamides is 1. The number of methoxy groups -OCH3 is 1. The van der Waals surface area contributed by atoms with E-state index in [4.69, 9.17) is 9.47 Å². The van der Waals surface area contributed by atoms with Gasteiger partial charge in [0.2, 0.25) is 10.0 Å². The number of carbonyl (C=O) groups is 1. The summed E-state index contributed by atoms with van der Waals surface area (Å²) in [6, 6.07) is 5.13. The minimum Gasteiger partial charge on any atom is -0.382 e. The van der Waals surface area contributed by atoms with E-state index in [1.807, 2.05) is 0 Å². The summed E-state index contributed by atoms with van der Waals surface area (Å²) >= 11 is 0. The lowest BCUT2D eigenvalue weighted by molar-refractivity contribution is 0.0688. The third-order valence-electron chi connectivity index (χ3n) is 3.78. The monoisotopic (exact) mass is 356 g/mol. The van der Waals surface area contributed by atoms with Crippen LogP contribution in [-0.2, 0) is 25.9 Å². The molecule has 0 radical (unpaired) electrons. The van der Waals surface area contributed by atoms with Crippen molar-refractivity contribution in [2.75, 3.05) is 50.6 Å². The number of nitrogens with zero attached hydrogens (tertiary/aromatic N) is 1. The summed E-state index contributed by atoms with van der Waals surface area (Å²) < 4.78 is 35.0. The molecule has 0 aromatic heterocycles. The van der Waals surface area contributed by atoms with Crippen LogP contribution in [0.3, 0.4) is 0 Å². The second-order valence-corrected chi connectivity index (χ2v) is 7.55. The van der Waals surface area contributed by atoms with Crippen LogP contribution in [0, 0.1) is 0 Å². The van der Waals surface area contributed by atoms with E-state index in [0.29, 0.717) is 50.6 Å². The Bertz CT molecular complexity index is 675. The zero-order valence-electron chi connectivity index (χ0n) is 14.1. The number of hydrogen-bond acceptors (Lipinski definition) is 5. The van der Waals surface area contributed by atoms with E-state index in [2.05, 4.69) is 5.32 Å². The first-order valence-corrected chi connectivity index (χ1v) is 9.74. The average molecular weight is 356 g/mol. The summed E-state index contributed by atoms with van der Waals surface area (Å²) in [5.41, 5.74) is 2.10. The Morgan fingerprint density at radius 3 is 2.79 bits per heavy atom. The minimum absolute atomic E-state index is 0.160. The molecule has 0 unspecified atom stereocenters. The zero-order valence-corrected chi connectivity index (χ0v) is 14.9. The van der Waals surface area contributed by atoms with Crippen molar-refractivity contribution in [2.24, 2.45) is 0 Å². The van der Waals surface area contributed by atoms with Crippen molar-refractivity contribution in [1.82, 2.24) is 5.32 Å². The number of fused-ring (bicyclic) bond motifs is 1. The maximum atomic E-state index is 12.2. The standard InChI is InChI=1S/C16H24N2O5S/c1-22-10-11-23-9-3-7-17-16(19)14-4-5-15-13(12-14)6-8-18(15)24(2,20)21/h4-5,12H,3,6-11H2,1-2H3,(H,17,19). The van der Waals surface area contributed by atoms with Gasteiger partial charge in [0.15, 0.2) is 0 Å². The van der Waals surface area contributed by atoms with Gasteiger partial charge in [-0.2, -0.15) is 0 Å². The molecule has 0 atom stereocenters. The van der Waals surface area contributed by atoms with Crippen LogP contribution < -0.4 is 9.62 Å². The Labute approximate surface area is 143 Å². The van der Waals surface area contributed by atoms with Crippen molar-refractivity contribution >= 4 is 21.6 Å². The van der Waals surface area contributed by atoms with Crippen LogP contribution >= 0.6 is 0 Å². The van der Waals surface area contributed by atoms with Crippen LogP contribution in [0.4, 0.5) is 5.69 Å². The normalized spacial score (nSPS) is 13.8. The molecule has 0 bridgehead atoms. The molecule has 1 heterocycles. The fourth-order valence-electron chi connectivity index (χ4n) is 2.58. The van der Waals surface area contributed by atoms with Crippen LogP contribution in [0.15, 0.2) is 18.2 Å². The van der Waals surface area contributed by atoms with Gasteiger partial charge in [-0.05, 0) is 36.6 Å². The minimum atomic E-state index is -3.27. The highest BCUT2D eigenvalue weighted by molar-refractivity contribution is 7.92. The van der Waals surface area contributed by atoms with Crippen LogP contribution in [-0.4, -0.2) is 60.6 Å². The highest BCUT2D eigenvalue weighted by Gasteiger charge is 2.26. The fraction of sp³-hybridized carbons (Fsp3) is 0.562. The lowest BCUT2D eigenvalue weighted by Gasteiger charge is -2.16. The molecule has 0 saturated carbocycles. The second kappa shape index (κ2) is 8.46. The number of rotatable bonds is 9. The predicted octanol–water partition coefficient (Wildman–Crippen LogP) is 0.792. The average Bonchev–Trinajstić information content (AvgIpc) is 2.97. The molecule has 1 aromatic rings. The van der Waals surface area contributed by atoms with E-state index < -0.39 is 10.0 Å². The number of carbonyl (C=O) groups excluding carboxylic acids is 1. The first kappa shape index (κ1) is 18.7. The van der Waals surface area contributed by atoms with Gasteiger partial charge in [0.1, 0.15) is 0 Å². The largest absolute Gasteiger partial charge is 0.382 e. The molecule has 0 saturated heterocycles. The van der Waals surface area contributed by atoms with E-state index in [9.17, 15) is 13.2 Å². The van der Waals surface area contributed by atoms with E-state index >= 15 is 0 Å². The molecule has 0 spiro atoms. The van der Waals surface area contributed by atoms with Crippen molar-refractivity contribution in [2.45, 2.75) is 12.8 Å². The summed E-state index contributed by atoms with van der Waals surface area (Å²) in [5.74, 6) is -0.160. The molecule has 134 valence electrons. The SMILES string of the molecule is COCCOCCCNC(=O)c1ccc2c(c1)CCN2S(C)(=O)=O.